The average Bonchev–Trinajstić information content (AvgIpc) is 2.07. The Morgan fingerprint density at radius 3 is 2.69 bits per heavy atom. The van der Waals surface area contributed by atoms with E-state index < -0.39 is 0 Å². The first-order valence-corrected chi connectivity index (χ1v) is 4.10. The largest absolute Gasteiger partial charge is 0.504 e. The lowest BCUT2D eigenvalue weighted by Gasteiger charge is -2.03. The molecule has 13 heavy (non-hydrogen) atoms. The lowest BCUT2D eigenvalue weighted by molar-refractivity contribution is -0.116. The van der Waals surface area contributed by atoms with Gasteiger partial charge in [-0.1, -0.05) is 12.1 Å². The molecule has 1 aromatic carbocycles. The molecule has 0 unspecified atom stereocenters. The molecule has 1 rings (SSSR count). The summed E-state index contributed by atoms with van der Waals surface area (Å²) in [5.41, 5.74) is 0.607. The Kier molecular flexibility index (Phi) is 2.90. The van der Waals surface area contributed by atoms with Crippen molar-refractivity contribution in [1.82, 2.24) is 0 Å². The number of carbonyl (C=O) groups is 1. The summed E-state index contributed by atoms with van der Waals surface area (Å²) in [6, 6.07) is 4.75. The van der Waals surface area contributed by atoms with Gasteiger partial charge in [-0.15, -0.1) is 0 Å². The predicted molar refractivity (Wildman–Crippen MR) is 48.8 cm³/mol. The number of aryl methyl sites for hydroxylation is 1. The topological polar surface area (TPSA) is 57.5 Å². The summed E-state index contributed by atoms with van der Waals surface area (Å²) in [7, 11) is 0. The number of aromatic hydroxyl groups is 2. The Hall–Kier alpha value is -1.51. The zero-order chi connectivity index (χ0) is 9.84. The molecule has 0 saturated heterocycles. The van der Waals surface area contributed by atoms with Gasteiger partial charge in [-0.2, -0.15) is 0 Å². The molecule has 0 atom stereocenters. The fourth-order valence-electron chi connectivity index (χ4n) is 1.09. The Balaban J connectivity index is 2.77. The van der Waals surface area contributed by atoms with E-state index in [2.05, 4.69) is 0 Å². The number of hydrogen-bond acceptors (Lipinski definition) is 3. The normalized spacial score (nSPS) is 9.92. The quantitative estimate of drug-likeness (QED) is 0.695. The van der Waals surface area contributed by atoms with E-state index in [0.717, 1.165) is 0 Å². The van der Waals surface area contributed by atoms with Crippen molar-refractivity contribution in [3.05, 3.63) is 23.8 Å². The number of ketones is 1. The van der Waals surface area contributed by atoms with Crippen LogP contribution in [0, 0.1) is 0 Å². The minimum Gasteiger partial charge on any atom is -0.504 e. The SMILES string of the molecule is CC(=O)CCc1cccc(O)c1O. The van der Waals surface area contributed by atoms with E-state index in [1.807, 2.05) is 0 Å². The van der Waals surface area contributed by atoms with Crippen LogP contribution in [-0.4, -0.2) is 16.0 Å². The maximum Gasteiger partial charge on any atom is 0.160 e. The van der Waals surface area contributed by atoms with E-state index >= 15 is 0 Å². The van der Waals surface area contributed by atoms with Gasteiger partial charge in [0.05, 0.1) is 0 Å². The molecule has 2 N–H and O–H groups in total. The third kappa shape index (κ3) is 2.47. The van der Waals surface area contributed by atoms with Crippen molar-refractivity contribution in [3.63, 3.8) is 0 Å². The van der Waals surface area contributed by atoms with Gasteiger partial charge in [0.1, 0.15) is 5.78 Å². The molecule has 1 aromatic rings. The number of rotatable bonds is 3. The van der Waals surface area contributed by atoms with Crippen LogP contribution >= 0.6 is 0 Å². The summed E-state index contributed by atoms with van der Waals surface area (Å²) in [4.78, 5) is 10.7. The fourth-order valence-corrected chi connectivity index (χ4v) is 1.09. The predicted octanol–water partition coefficient (Wildman–Crippen LogP) is 1.62. The van der Waals surface area contributed by atoms with Gasteiger partial charge < -0.3 is 15.0 Å². The Morgan fingerprint density at radius 2 is 2.08 bits per heavy atom. The van der Waals surface area contributed by atoms with E-state index in [9.17, 15) is 9.90 Å². The van der Waals surface area contributed by atoms with Gasteiger partial charge in [0.2, 0.25) is 0 Å². The third-order valence-corrected chi connectivity index (χ3v) is 1.84. The second kappa shape index (κ2) is 3.94. The molecule has 3 nitrogen and oxygen atoms in total. The smallest absolute Gasteiger partial charge is 0.160 e. The fraction of sp³-hybridized carbons (Fsp3) is 0.300. The van der Waals surface area contributed by atoms with Crippen molar-refractivity contribution in [3.8, 4) is 11.5 Å². The summed E-state index contributed by atoms with van der Waals surface area (Å²) in [6.07, 6.45) is 0.854. The standard InChI is InChI=1S/C10H12O3/c1-7(11)5-6-8-3-2-4-9(12)10(8)13/h2-4,12-13H,5-6H2,1H3. The molecule has 0 aromatic heterocycles. The number of benzene rings is 1. The molecule has 0 aliphatic heterocycles. The number of hydrogen-bond donors (Lipinski definition) is 2. The highest BCUT2D eigenvalue weighted by atomic mass is 16.3. The molecular weight excluding hydrogens is 168 g/mol. The van der Waals surface area contributed by atoms with Gasteiger partial charge in [-0.3, -0.25) is 0 Å². The second-order valence-corrected chi connectivity index (χ2v) is 2.99. The van der Waals surface area contributed by atoms with Crippen LogP contribution in [0.3, 0.4) is 0 Å². The van der Waals surface area contributed by atoms with Crippen molar-refractivity contribution in [2.75, 3.05) is 0 Å². The molecule has 3 heteroatoms. The van der Waals surface area contributed by atoms with Crippen LogP contribution < -0.4 is 0 Å². The molecule has 0 spiro atoms. The van der Waals surface area contributed by atoms with Gasteiger partial charge in [0.15, 0.2) is 11.5 Å². The van der Waals surface area contributed by atoms with Gasteiger partial charge in [-0.05, 0) is 25.0 Å². The summed E-state index contributed by atoms with van der Waals surface area (Å²) in [6.45, 7) is 1.50. The monoisotopic (exact) mass is 180 g/mol. The van der Waals surface area contributed by atoms with E-state index in [0.29, 0.717) is 18.4 Å². The molecular formula is C10H12O3. The van der Waals surface area contributed by atoms with Crippen LogP contribution in [0.2, 0.25) is 0 Å². The zero-order valence-electron chi connectivity index (χ0n) is 7.45. The maximum absolute atomic E-state index is 10.7. The van der Waals surface area contributed by atoms with Gasteiger partial charge in [0.25, 0.3) is 0 Å². The summed E-state index contributed by atoms with van der Waals surface area (Å²) in [5.74, 6) is -0.187. The molecule has 0 aliphatic carbocycles. The summed E-state index contributed by atoms with van der Waals surface area (Å²) >= 11 is 0. The molecule has 0 amide bonds. The van der Waals surface area contributed by atoms with Crippen molar-refractivity contribution in [2.45, 2.75) is 19.8 Å². The van der Waals surface area contributed by atoms with Crippen LogP contribution in [0.1, 0.15) is 18.9 Å². The Labute approximate surface area is 76.6 Å². The zero-order valence-corrected chi connectivity index (χ0v) is 7.45. The van der Waals surface area contributed by atoms with E-state index in [4.69, 9.17) is 5.11 Å². The lowest BCUT2D eigenvalue weighted by atomic mass is 10.1. The molecule has 0 aliphatic rings. The second-order valence-electron chi connectivity index (χ2n) is 2.99. The third-order valence-electron chi connectivity index (χ3n) is 1.84. The summed E-state index contributed by atoms with van der Waals surface area (Å²) in [5, 5.41) is 18.5. The molecule has 0 bridgehead atoms. The Morgan fingerprint density at radius 1 is 1.38 bits per heavy atom. The van der Waals surface area contributed by atoms with Crippen LogP contribution in [-0.2, 0) is 11.2 Å². The van der Waals surface area contributed by atoms with Gasteiger partial charge >= 0.3 is 0 Å². The molecule has 0 saturated carbocycles. The van der Waals surface area contributed by atoms with E-state index in [1.54, 1.807) is 12.1 Å². The first-order chi connectivity index (χ1) is 6.11. The van der Waals surface area contributed by atoms with Crippen molar-refractivity contribution in [1.29, 1.82) is 0 Å². The molecule has 0 fully saturated rings. The number of phenolic OH excluding ortho intramolecular Hbond substituents is 2. The van der Waals surface area contributed by atoms with Crippen LogP contribution in [0.15, 0.2) is 18.2 Å². The molecule has 70 valence electrons. The maximum atomic E-state index is 10.7. The minimum atomic E-state index is -0.138. The number of phenols is 2. The Bertz CT molecular complexity index is 318. The van der Waals surface area contributed by atoms with Crippen molar-refractivity contribution in [2.24, 2.45) is 0 Å². The number of Topliss-reactive ketones (excluding diaryl/α,β-unsaturated/α-hetero) is 1. The van der Waals surface area contributed by atoms with Crippen molar-refractivity contribution < 1.29 is 15.0 Å². The number of carbonyl (C=O) groups excluding carboxylic acids is 1. The first-order valence-electron chi connectivity index (χ1n) is 4.10. The van der Waals surface area contributed by atoms with E-state index in [-0.39, 0.29) is 17.3 Å². The summed E-state index contributed by atoms with van der Waals surface area (Å²) < 4.78 is 0. The van der Waals surface area contributed by atoms with Gasteiger partial charge in [-0.25, -0.2) is 0 Å². The van der Waals surface area contributed by atoms with E-state index in [1.165, 1.54) is 13.0 Å². The average molecular weight is 180 g/mol. The highest BCUT2D eigenvalue weighted by Gasteiger charge is 2.05. The molecule has 0 heterocycles. The minimum absolute atomic E-state index is 0.0720. The van der Waals surface area contributed by atoms with Crippen LogP contribution in [0.5, 0.6) is 11.5 Å². The van der Waals surface area contributed by atoms with Crippen molar-refractivity contribution >= 4 is 5.78 Å². The lowest BCUT2D eigenvalue weighted by Crippen LogP contribution is -1.94. The van der Waals surface area contributed by atoms with Crippen LogP contribution in [0.4, 0.5) is 0 Å². The number of para-hydroxylation sites is 1. The van der Waals surface area contributed by atoms with Gasteiger partial charge in [0, 0.05) is 6.42 Å². The first kappa shape index (κ1) is 9.58. The van der Waals surface area contributed by atoms with Crippen LogP contribution in [0.25, 0.3) is 0 Å². The highest BCUT2D eigenvalue weighted by Crippen LogP contribution is 2.28. The highest BCUT2D eigenvalue weighted by molar-refractivity contribution is 5.75. The molecule has 0 radical (unpaired) electrons.